The van der Waals surface area contributed by atoms with Gasteiger partial charge in [-0.05, 0) is 37.9 Å². The van der Waals surface area contributed by atoms with Crippen molar-refractivity contribution in [3.8, 4) is 0 Å². The fourth-order valence-corrected chi connectivity index (χ4v) is 3.67. The number of hydrogen-bond donors (Lipinski definition) is 0. The number of nitrogens with zero attached hydrogens (tertiary/aromatic N) is 4. The molecule has 7 heteroatoms. The molecule has 2 fully saturated rings. The number of amides is 1. The van der Waals surface area contributed by atoms with Crippen LogP contribution in [0, 0.1) is 5.92 Å². The van der Waals surface area contributed by atoms with Gasteiger partial charge in [0.2, 0.25) is 5.91 Å². The Labute approximate surface area is 161 Å². The zero-order valence-corrected chi connectivity index (χ0v) is 16.8. The zero-order chi connectivity index (χ0) is 19.4. The lowest BCUT2D eigenvalue weighted by Gasteiger charge is -2.34. The molecule has 1 aromatic heterocycles. The van der Waals surface area contributed by atoms with Crippen LogP contribution in [-0.4, -0.2) is 71.4 Å². The van der Waals surface area contributed by atoms with E-state index in [9.17, 15) is 9.59 Å². The lowest BCUT2D eigenvalue weighted by atomic mass is 9.92. The van der Waals surface area contributed by atoms with E-state index in [1.165, 1.54) is 0 Å². The lowest BCUT2D eigenvalue weighted by Crippen LogP contribution is -2.46. The molecule has 150 valence electrons. The quantitative estimate of drug-likeness (QED) is 0.770. The van der Waals surface area contributed by atoms with Gasteiger partial charge in [0, 0.05) is 37.7 Å². The van der Waals surface area contributed by atoms with E-state index in [-0.39, 0.29) is 23.5 Å². The van der Waals surface area contributed by atoms with E-state index in [4.69, 9.17) is 4.74 Å². The molecule has 0 atom stereocenters. The second-order valence-corrected chi connectivity index (χ2v) is 8.71. The molecule has 0 radical (unpaired) electrons. The minimum atomic E-state index is -0.0598. The number of piperidine rings is 1. The third-order valence-electron chi connectivity index (χ3n) is 5.54. The summed E-state index contributed by atoms with van der Waals surface area (Å²) in [7, 11) is 0. The predicted octanol–water partition coefficient (Wildman–Crippen LogP) is 1.11. The van der Waals surface area contributed by atoms with Crippen molar-refractivity contribution in [2.75, 3.05) is 45.9 Å². The molecule has 7 nitrogen and oxygen atoms in total. The molecule has 1 aromatic rings. The van der Waals surface area contributed by atoms with Crippen LogP contribution in [0.25, 0.3) is 0 Å². The highest BCUT2D eigenvalue weighted by Crippen LogP contribution is 2.20. The molecule has 0 aromatic carbocycles. The number of carbonyl (C=O) groups excluding carboxylic acids is 1. The molecular weight excluding hydrogens is 344 g/mol. The van der Waals surface area contributed by atoms with Crippen LogP contribution in [0.4, 0.5) is 0 Å². The topological polar surface area (TPSA) is 67.7 Å². The molecule has 0 bridgehead atoms. The molecule has 0 spiro atoms. The minimum absolute atomic E-state index is 0.0174. The number of likely N-dealkylation sites (tertiary alicyclic amines) is 1. The summed E-state index contributed by atoms with van der Waals surface area (Å²) in [5.41, 5.74) is 0.876. The van der Waals surface area contributed by atoms with E-state index in [1.807, 2.05) is 11.0 Å². The van der Waals surface area contributed by atoms with Crippen LogP contribution in [0.1, 0.15) is 39.3 Å². The number of ether oxygens (including phenoxy) is 1. The van der Waals surface area contributed by atoms with Gasteiger partial charge in [-0.3, -0.25) is 9.59 Å². The van der Waals surface area contributed by atoms with Gasteiger partial charge in [0.25, 0.3) is 5.56 Å². The lowest BCUT2D eigenvalue weighted by molar-refractivity contribution is -0.142. The van der Waals surface area contributed by atoms with Crippen LogP contribution in [0.3, 0.4) is 0 Å². The molecule has 0 aliphatic carbocycles. The SMILES string of the molecule is CC(C)(C)c1ccc(=O)n(CC2CCN(CCN3CCOCC3=O)CC2)n1. The molecule has 1 amide bonds. The van der Waals surface area contributed by atoms with E-state index in [2.05, 4.69) is 30.8 Å². The highest BCUT2D eigenvalue weighted by Gasteiger charge is 2.23. The normalized spacial score (nSPS) is 20.3. The largest absolute Gasteiger partial charge is 0.370 e. The van der Waals surface area contributed by atoms with E-state index in [0.29, 0.717) is 25.6 Å². The zero-order valence-electron chi connectivity index (χ0n) is 16.8. The Hall–Kier alpha value is -1.73. The summed E-state index contributed by atoms with van der Waals surface area (Å²) in [5.74, 6) is 0.576. The first-order valence-electron chi connectivity index (χ1n) is 9.99. The molecule has 27 heavy (non-hydrogen) atoms. The van der Waals surface area contributed by atoms with Gasteiger partial charge in [-0.2, -0.15) is 5.10 Å². The van der Waals surface area contributed by atoms with E-state index in [0.717, 1.165) is 44.7 Å². The van der Waals surface area contributed by atoms with Crippen molar-refractivity contribution in [3.05, 3.63) is 28.2 Å². The maximum atomic E-state index is 12.2. The van der Waals surface area contributed by atoms with Crippen LogP contribution >= 0.6 is 0 Å². The van der Waals surface area contributed by atoms with Crippen molar-refractivity contribution < 1.29 is 9.53 Å². The Morgan fingerprint density at radius 1 is 1.11 bits per heavy atom. The molecule has 0 N–H and O–H groups in total. The van der Waals surface area contributed by atoms with Crippen molar-refractivity contribution in [1.82, 2.24) is 19.6 Å². The van der Waals surface area contributed by atoms with Crippen molar-refractivity contribution in [2.45, 2.75) is 45.6 Å². The fourth-order valence-electron chi connectivity index (χ4n) is 3.67. The minimum Gasteiger partial charge on any atom is -0.370 e. The Kier molecular flexibility index (Phi) is 6.32. The van der Waals surface area contributed by atoms with E-state index in [1.54, 1.807) is 10.7 Å². The third kappa shape index (κ3) is 5.39. The van der Waals surface area contributed by atoms with Gasteiger partial charge in [0.1, 0.15) is 6.61 Å². The highest BCUT2D eigenvalue weighted by atomic mass is 16.5. The predicted molar refractivity (Wildman–Crippen MR) is 104 cm³/mol. The molecular formula is C20H32N4O3. The average Bonchev–Trinajstić information content (AvgIpc) is 2.63. The standard InChI is InChI=1S/C20H32N4O3/c1-20(2,3)17-4-5-18(25)24(21-17)14-16-6-8-22(9-7-16)10-11-23-12-13-27-15-19(23)26/h4-5,16H,6-15H2,1-3H3. The van der Waals surface area contributed by atoms with Crippen molar-refractivity contribution >= 4 is 5.91 Å². The van der Waals surface area contributed by atoms with Gasteiger partial charge >= 0.3 is 0 Å². The van der Waals surface area contributed by atoms with Gasteiger partial charge in [-0.15, -0.1) is 0 Å². The molecule has 0 unspecified atom stereocenters. The molecule has 2 saturated heterocycles. The van der Waals surface area contributed by atoms with Crippen LogP contribution in [0.2, 0.25) is 0 Å². The molecule has 3 rings (SSSR count). The Bertz CT molecular complexity index is 702. The highest BCUT2D eigenvalue weighted by molar-refractivity contribution is 5.77. The fraction of sp³-hybridized carbons (Fsp3) is 0.750. The maximum Gasteiger partial charge on any atom is 0.266 e. The smallest absolute Gasteiger partial charge is 0.266 e. The van der Waals surface area contributed by atoms with Crippen LogP contribution in [0.5, 0.6) is 0 Å². The summed E-state index contributed by atoms with van der Waals surface area (Å²) >= 11 is 0. The summed E-state index contributed by atoms with van der Waals surface area (Å²) in [6.07, 6.45) is 2.12. The second-order valence-electron chi connectivity index (χ2n) is 8.71. The Balaban J connectivity index is 1.48. The number of aromatic nitrogens is 2. The molecule has 3 heterocycles. The first-order chi connectivity index (χ1) is 12.8. The summed E-state index contributed by atoms with van der Waals surface area (Å²) in [4.78, 5) is 28.3. The van der Waals surface area contributed by atoms with Gasteiger partial charge < -0.3 is 14.5 Å². The number of hydrogen-bond acceptors (Lipinski definition) is 5. The number of rotatable bonds is 5. The molecule has 2 aliphatic rings. The summed E-state index contributed by atoms with van der Waals surface area (Å²) in [6, 6.07) is 3.48. The third-order valence-corrected chi connectivity index (χ3v) is 5.54. The second kappa shape index (κ2) is 8.52. The molecule has 2 aliphatic heterocycles. The Morgan fingerprint density at radius 2 is 1.85 bits per heavy atom. The molecule has 0 saturated carbocycles. The first-order valence-corrected chi connectivity index (χ1v) is 9.99. The van der Waals surface area contributed by atoms with Gasteiger partial charge in [0.05, 0.1) is 12.3 Å². The average molecular weight is 377 g/mol. The van der Waals surface area contributed by atoms with Crippen LogP contribution in [0.15, 0.2) is 16.9 Å². The van der Waals surface area contributed by atoms with Crippen molar-refractivity contribution in [3.63, 3.8) is 0 Å². The number of morpholine rings is 1. The summed E-state index contributed by atoms with van der Waals surface area (Å²) in [6.45, 7) is 12.3. The van der Waals surface area contributed by atoms with E-state index >= 15 is 0 Å². The Morgan fingerprint density at radius 3 is 2.52 bits per heavy atom. The first kappa shape index (κ1) is 20.0. The van der Waals surface area contributed by atoms with Gasteiger partial charge in [0.15, 0.2) is 0 Å². The monoisotopic (exact) mass is 376 g/mol. The number of carbonyl (C=O) groups is 1. The van der Waals surface area contributed by atoms with Crippen molar-refractivity contribution in [1.29, 1.82) is 0 Å². The van der Waals surface area contributed by atoms with Gasteiger partial charge in [-0.25, -0.2) is 4.68 Å². The summed E-state index contributed by atoms with van der Waals surface area (Å²) in [5, 5.41) is 4.60. The van der Waals surface area contributed by atoms with Crippen LogP contribution < -0.4 is 5.56 Å². The summed E-state index contributed by atoms with van der Waals surface area (Å²) < 4.78 is 6.82. The van der Waals surface area contributed by atoms with Crippen molar-refractivity contribution in [2.24, 2.45) is 5.92 Å². The van der Waals surface area contributed by atoms with E-state index < -0.39 is 0 Å². The van der Waals surface area contributed by atoms with Gasteiger partial charge in [-0.1, -0.05) is 20.8 Å². The van der Waals surface area contributed by atoms with Crippen LogP contribution in [-0.2, 0) is 21.5 Å². The maximum absolute atomic E-state index is 12.2.